The van der Waals surface area contributed by atoms with Gasteiger partial charge in [0.05, 0.1) is 4.88 Å². The highest BCUT2D eigenvalue weighted by Gasteiger charge is 2.10. The van der Waals surface area contributed by atoms with Crippen LogP contribution in [0.3, 0.4) is 0 Å². The van der Waals surface area contributed by atoms with Crippen LogP contribution in [0.5, 0.6) is 0 Å². The highest BCUT2D eigenvalue weighted by Crippen LogP contribution is 2.19. The van der Waals surface area contributed by atoms with Crippen LogP contribution in [0.4, 0.5) is 0 Å². The summed E-state index contributed by atoms with van der Waals surface area (Å²) >= 11 is 3.30. The molecule has 0 saturated heterocycles. The number of thioether (sulfide) groups is 1. The molecule has 0 aliphatic heterocycles. The predicted octanol–water partition coefficient (Wildman–Crippen LogP) is 3.25. The van der Waals surface area contributed by atoms with Gasteiger partial charge in [-0.25, -0.2) is 0 Å². The molecule has 3 heteroatoms. The zero-order valence-corrected chi connectivity index (χ0v) is 9.63. The zero-order valence-electron chi connectivity index (χ0n) is 8.00. The van der Waals surface area contributed by atoms with Gasteiger partial charge < -0.3 is 0 Å². The van der Waals surface area contributed by atoms with Gasteiger partial charge in [-0.15, -0.1) is 11.3 Å². The molecule has 13 heavy (non-hydrogen) atoms. The Kier molecular flexibility index (Phi) is 4.53. The third-order valence-electron chi connectivity index (χ3n) is 1.91. The molecule has 0 spiro atoms. The van der Waals surface area contributed by atoms with Gasteiger partial charge in [-0.1, -0.05) is 6.92 Å². The molecular formula is C10H14OS2. The second kappa shape index (κ2) is 5.45. The Morgan fingerprint density at radius 1 is 1.62 bits per heavy atom. The number of carbonyl (C=O) groups excluding carboxylic acids is 1. The molecule has 1 aromatic rings. The fraction of sp³-hybridized carbons (Fsp3) is 0.500. The number of hydrogen-bond donors (Lipinski definition) is 0. The second-order valence-electron chi connectivity index (χ2n) is 2.79. The van der Waals surface area contributed by atoms with Crippen LogP contribution in [0.2, 0.25) is 0 Å². The molecule has 0 unspecified atom stereocenters. The van der Waals surface area contributed by atoms with Gasteiger partial charge in [-0.2, -0.15) is 11.8 Å². The molecule has 0 bridgehead atoms. The minimum absolute atomic E-state index is 0.307. The van der Waals surface area contributed by atoms with Crippen molar-refractivity contribution in [1.29, 1.82) is 0 Å². The van der Waals surface area contributed by atoms with E-state index in [0.717, 1.165) is 17.1 Å². The van der Waals surface area contributed by atoms with Gasteiger partial charge >= 0.3 is 0 Å². The van der Waals surface area contributed by atoms with Gasteiger partial charge in [-0.3, -0.25) is 4.79 Å². The van der Waals surface area contributed by atoms with Gasteiger partial charge in [0.1, 0.15) is 0 Å². The molecular weight excluding hydrogens is 200 g/mol. The maximum absolute atomic E-state index is 11.6. The lowest BCUT2D eigenvalue weighted by atomic mass is 10.1. The molecule has 1 aromatic heterocycles. The summed E-state index contributed by atoms with van der Waals surface area (Å²) in [6.45, 7) is 2.09. The molecule has 0 fully saturated rings. The number of Topliss-reactive ketones (excluding diaryl/α,β-unsaturated/α-hetero) is 1. The molecule has 0 atom stereocenters. The summed E-state index contributed by atoms with van der Waals surface area (Å²) in [7, 11) is 0. The number of ketones is 1. The summed E-state index contributed by atoms with van der Waals surface area (Å²) < 4.78 is 0. The third kappa shape index (κ3) is 2.85. The van der Waals surface area contributed by atoms with Crippen molar-refractivity contribution in [3.63, 3.8) is 0 Å². The Hall–Kier alpha value is -0.280. The summed E-state index contributed by atoms with van der Waals surface area (Å²) in [4.78, 5) is 12.6. The molecule has 0 radical (unpaired) electrons. The maximum Gasteiger partial charge on any atom is 0.173 e. The van der Waals surface area contributed by atoms with E-state index in [0.29, 0.717) is 12.2 Å². The normalized spacial score (nSPS) is 10.3. The first kappa shape index (κ1) is 10.8. The summed E-state index contributed by atoms with van der Waals surface area (Å²) in [5.74, 6) is 1.24. The predicted molar refractivity (Wildman–Crippen MR) is 61.0 cm³/mol. The average Bonchev–Trinajstić information content (AvgIpc) is 2.61. The number of thiophene rings is 1. The van der Waals surface area contributed by atoms with E-state index in [1.807, 2.05) is 11.6 Å². The van der Waals surface area contributed by atoms with E-state index >= 15 is 0 Å². The van der Waals surface area contributed by atoms with Crippen LogP contribution in [0, 0.1) is 0 Å². The number of aryl methyl sites for hydroxylation is 1. The average molecular weight is 214 g/mol. The largest absolute Gasteiger partial charge is 0.293 e. The molecule has 1 nitrogen and oxygen atoms in total. The van der Waals surface area contributed by atoms with Crippen molar-refractivity contribution in [2.45, 2.75) is 19.8 Å². The molecule has 0 aromatic carbocycles. The molecule has 72 valence electrons. The lowest BCUT2D eigenvalue weighted by molar-refractivity contribution is 0.0992. The van der Waals surface area contributed by atoms with Gasteiger partial charge in [0.2, 0.25) is 0 Å². The Labute approximate surface area is 87.5 Å². The topological polar surface area (TPSA) is 17.1 Å². The lowest BCUT2D eigenvalue weighted by Gasteiger charge is -1.99. The van der Waals surface area contributed by atoms with Gasteiger partial charge in [0, 0.05) is 12.2 Å². The highest BCUT2D eigenvalue weighted by molar-refractivity contribution is 7.98. The fourth-order valence-electron chi connectivity index (χ4n) is 1.17. The van der Waals surface area contributed by atoms with Crippen molar-refractivity contribution in [3.05, 3.63) is 21.9 Å². The molecule has 0 N–H and O–H groups in total. The van der Waals surface area contributed by atoms with E-state index in [9.17, 15) is 4.79 Å². The van der Waals surface area contributed by atoms with E-state index in [4.69, 9.17) is 0 Å². The Balaban J connectivity index is 2.65. The van der Waals surface area contributed by atoms with Crippen molar-refractivity contribution >= 4 is 28.9 Å². The van der Waals surface area contributed by atoms with Crippen LogP contribution in [0.1, 0.15) is 28.6 Å². The van der Waals surface area contributed by atoms with Crippen LogP contribution in [0.25, 0.3) is 0 Å². The first-order valence-corrected chi connectivity index (χ1v) is 6.65. The van der Waals surface area contributed by atoms with Crippen molar-refractivity contribution < 1.29 is 4.79 Å². The zero-order chi connectivity index (χ0) is 9.68. The van der Waals surface area contributed by atoms with Crippen molar-refractivity contribution in [2.24, 2.45) is 0 Å². The van der Waals surface area contributed by atoms with Crippen LogP contribution >= 0.6 is 23.1 Å². The Morgan fingerprint density at radius 2 is 2.38 bits per heavy atom. The Bertz CT molecular complexity index is 278. The van der Waals surface area contributed by atoms with E-state index in [1.54, 1.807) is 23.1 Å². The third-order valence-corrected chi connectivity index (χ3v) is 3.52. The first-order valence-electron chi connectivity index (χ1n) is 4.38. The van der Waals surface area contributed by atoms with Gasteiger partial charge in [0.25, 0.3) is 0 Å². The number of rotatable bonds is 5. The molecule has 0 aliphatic carbocycles. The van der Waals surface area contributed by atoms with Crippen molar-refractivity contribution in [1.82, 2.24) is 0 Å². The van der Waals surface area contributed by atoms with E-state index < -0.39 is 0 Å². The lowest BCUT2D eigenvalue weighted by Crippen LogP contribution is -2.00. The van der Waals surface area contributed by atoms with Crippen LogP contribution < -0.4 is 0 Å². The molecule has 0 amide bonds. The minimum atomic E-state index is 0.307. The summed E-state index contributed by atoms with van der Waals surface area (Å²) in [6.07, 6.45) is 3.67. The van der Waals surface area contributed by atoms with Crippen molar-refractivity contribution in [3.8, 4) is 0 Å². The van der Waals surface area contributed by atoms with E-state index in [1.165, 1.54) is 5.56 Å². The van der Waals surface area contributed by atoms with Gasteiger partial charge in [0.15, 0.2) is 5.78 Å². The molecule has 1 heterocycles. The van der Waals surface area contributed by atoms with Crippen LogP contribution in [-0.4, -0.2) is 17.8 Å². The quantitative estimate of drug-likeness (QED) is 0.700. The SMILES string of the molecule is CCc1ccsc1C(=O)CCSC. The monoisotopic (exact) mass is 214 g/mol. The number of hydrogen-bond acceptors (Lipinski definition) is 3. The summed E-state index contributed by atoms with van der Waals surface area (Å²) in [5, 5.41) is 2.01. The van der Waals surface area contributed by atoms with E-state index in [2.05, 4.69) is 13.0 Å². The van der Waals surface area contributed by atoms with Crippen LogP contribution in [-0.2, 0) is 6.42 Å². The fourth-order valence-corrected chi connectivity index (χ4v) is 2.52. The first-order chi connectivity index (χ1) is 6.29. The van der Waals surface area contributed by atoms with Crippen molar-refractivity contribution in [2.75, 3.05) is 12.0 Å². The minimum Gasteiger partial charge on any atom is -0.293 e. The molecule has 1 rings (SSSR count). The second-order valence-corrected chi connectivity index (χ2v) is 4.70. The maximum atomic E-state index is 11.6. The standard InChI is InChI=1S/C10H14OS2/c1-3-8-4-7-13-10(8)9(11)5-6-12-2/h4,7H,3,5-6H2,1-2H3. The summed E-state index contributed by atoms with van der Waals surface area (Å²) in [6, 6.07) is 2.05. The number of carbonyl (C=O) groups is 1. The van der Waals surface area contributed by atoms with Crippen LogP contribution in [0.15, 0.2) is 11.4 Å². The van der Waals surface area contributed by atoms with E-state index in [-0.39, 0.29) is 0 Å². The summed E-state index contributed by atoms with van der Waals surface area (Å²) in [5.41, 5.74) is 1.20. The van der Waals surface area contributed by atoms with Gasteiger partial charge in [-0.05, 0) is 29.7 Å². The smallest absolute Gasteiger partial charge is 0.173 e. The Morgan fingerprint density at radius 3 is 3.00 bits per heavy atom. The molecule has 0 aliphatic rings. The highest BCUT2D eigenvalue weighted by atomic mass is 32.2. The molecule has 0 saturated carbocycles.